The van der Waals surface area contributed by atoms with Crippen molar-refractivity contribution in [3.63, 3.8) is 0 Å². The van der Waals surface area contributed by atoms with Crippen LogP contribution in [0.3, 0.4) is 0 Å². The van der Waals surface area contributed by atoms with Crippen LogP contribution in [0, 0.1) is 17.3 Å². The molecule has 3 rings (SSSR count). The molecule has 1 N–H and O–H groups in total. The third kappa shape index (κ3) is 10.4. The molecule has 1 atom stereocenters. The molecule has 258 valence electrons. The van der Waals surface area contributed by atoms with Gasteiger partial charge in [-0.2, -0.15) is 0 Å². The highest BCUT2D eigenvalue weighted by Crippen LogP contribution is 2.48. The minimum Gasteiger partial charge on any atom is -0.407 e. The van der Waals surface area contributed by atoms with Crippen LogP contribution in [0.1, 0.15) is 80.6 Å². The molecule has 0 spiro atoms. The summed E-state index contributed by atoms with van der Waals surface area (Å²) in [5, 5.41) is 14.4. The molecule has 0 radical (unpaired) electrons. The summed E-state index contributed by atoms with van der Waals surface area (Å²) in [4.78, 5) is 0. The van der Waals surface area contributed by atoms with Crippen LogP contribution in [0.15, 0.2) is 83.5 Å². The van der Waals surface area contributed by atoms with Crippen molar-refractivity contribution < 1.29 is 19.0 Å². The third-order valence-corrected chi connectivity index (χ3v) is 16.6. The summed E-state index contributed by atoms with van der Waals surface area (Å²) in [7, 11) is -3.63. The Morgan fingerprint density at radius 2 is 1.49 bits per heavy atom. The van der Waals surface area contributed by atoms with Gasteiger partial charge in [0.25, 0.3) is 8.32 Å². The topological polar surface area (TPSA) is 47.9 Å². The minimum absolute atomic E-state index is 0.0336. The van der Waals surface area contributed by atoms with E-state index in [0.29, 0.717) is 26.4 Å². The molecular formula is C41H62O4Si2. The van der Waals surface area contributed by atoms with Gasteiger partial charge in [0.2, 0.25) is 0 Å². The molecule has 0 heterocycles. The monoisotopic (exact) mass is 674 g/mol. The molecule has 47 heavy (non-hydrogen) atoms. The average molecular weight is 675 g/mol. The van der Waals surface area contributed by atoms with Gasteiger partial charge < -0.3 is 19.0 Å². The molecule has 0 aliphatic heterocycles. The lowest BCUT2D eigenvalue weighted by Crippen LogP contribution is -2.66. The molecule has 2 aromatic rings. The van der Waals surface area contributed by atoms with E-state index in [4.69, 9.17) is 13.9 Å². The average Bonchev–Trinajstić information content (AvgIpc) is 3.01. The van der Waals surface area contributed by atoms with Crippen molar-refractivity contribution in [2.75, 3.05) is 26.6 Å². The van der Waals surface area contributed by atoms with Crippen LogP contribution >= 0.6 is 0 Å². The van der Waals surface area contributed by atoms with Gasteiger partial charge in [-0.1, -0.05) is 144 Å². The van der Waals surface area contributed by atoms with Crippen LogP contribution in [-0.4, -0.2) is 53.7 Å². The summed E-state index contributed by atoms with van der Waals surface area (Å²) in [6, 6.07) is 22.8. The molecule has 2 aromatic carbocycles. The van der Waals surface area contributed by atoms with E-state index in [9.17, 15) is 5.11 Å². The fourth-order valence-electron chi connectivity index (χ4n) is 6.73. The van der Waals surface area contributed by atoms with E-state index in [0.717, 1.165) is 43.9 Å². The van der Waals surface area contributed by atoms with Gasteiger partial charge in [-0.3, -0.25) is 0 Å². The molecule has 1 aliphatic carbocycles. The van der Waals surface area contributed by atoms with Crippen LogP contribution < -0.4 is 10.4 Å². The van der Waals surface area contributed by atoms with Crippen molar-refractivity contribution in [3.8, 4) is 11.8 Å². The third-order valence-electron chi connectivity index (χ3n) is 9.83. The Bertz CT molecular complexity index is 1350. The Balaban J connectivity index is 1.61. The van der Waals surface area contributed by atoms with Crippen molar-refractivity contribution in [2.45, 2.75) is 117 Å². The number of aliphatic hydroxyl groups is 1. The number of rotatable bonds is 15. The maximum absolute atomic E-state index is 11.9. The van der Waals surface area contributed by atoms with E-state index in [-0.39, 0.29) is 5.04 Å². The fraction of sp³-hybridized carbons (Fsp3) is 0.561. The summed E-state index contributed by atoms with van der Waals surface area (Å²) in [5.74, 6) is 6.64. The fourth-order valence-corrected chi connectivity index (χ4v) is 12.1. The minimum atomic E-state index is -2.53. The second-order valence-electron chi connectivity index (χ2n) is 16.0. The maximum atomic E-state index is 11.9. The quantitative estimate of drug-likeness (QED) is 0.0674. The second-order valence-corrected chi connectivity index (χ2v) is 26.0. The van der Waals surface area contributed by atoms with Gasteiger partial charge in [-0.15, -0.1) is 0 Å². The highest BCUT2D eigenvalue weighted by Gasteiger charge is 2.50. The summed E-state index contributed by atoms with van der Waals surface area (Å²) >= 11 is 0. The van der Waals surface area contributed by atoms with Crippen LogP contribution in [0.5, 0.6) is 0 Å². The molecule has 0 saturated heterocycles. The van der Waals surface area contributed by atoms with Gasteiger partial charge in [-0.05, 0) is 73.0 Å². The molecule has 0 saturated carbocycles. The lowest BCUT2D eigenvalue weighted by molar-refractivity contribution is -0.0528. The van der Waals surface area contributed by atoms with Crippen molar-refractivity contribution in [1.29, 1.82) is 0 Å². The summed E-state index contributed by atoms with van der Waals surface area (Å²) in [6.07, 6.45) is 6.25. The van der Waals surface area contributed by atoms with Crippen molar-refractivity contribution >= 4 is 26.8 Å². The number of ether oxygens (including phenoxy) is 2. The Labute approximate surface area is 289 Å². The first-order chi connectivity index (χ1) is 22.0. The maximum Gasteiger partial charge on any atom is 0.261 e. The van der Waals surface area contributed by atoms with E-state index in [1.165, 1.54) is 21.5 Å². The normalized spacial score (nSPS) is 19.0. The van der Waals surface area contributed by atoms with Crippen LogP contribution in [-0.2, 0) is 13.9 Å². The molecule has 0 amide bonds. The zero-order chi connectivity index (χ0) is 34.8. The highest BCUT2D eigenvalue weighted by atomic mass is 28.4. The van der Waals surface area contributed by atoms with Gasteiger partial charge in [0.05, 0.1) is 6.61 Å². The van der Waals surface area contributed by atoms with Gasteiger partial charge in [0.1, 0.15) is 12.4 Å². The number of hydrogen-bond donors (Lipinski definition) is 1. The SMILES string of the molecule is CC1=C(CCOCOCC[Si](C)(C)C)C(C)(C)C(O)(C#C/C(C)=C\CCCO[Si](c2ccccc2)(c2ccccc2)C(C)(C)C)CC1. The van der Waals surface area contributed by atoms with Crippen LogP contribution in [0.2, 0.25) is 30.7 Å². The van der Waals surface area contributed by atoms with E-state index in [2.05, 4.69) is 140 Å². The Kier molecular flexibility index (Phi) is 14.1. The number of unbranched alkanes of at least 4 members (excludes halogenated alkanes) is 1. The van der Waals surface area contributed by atoms with Crippen molar-refractivity contribution in [2.24, 2.45) is 5.41 Å². The Hall–Kier alpha value is -2.25. The molecule has 0 aromatic heterocycles. The lowest BCUT2D eigenvalue weighted by atomic mass is 9.62. The van der Waals surface area contributed by atoms with Crippen molar-refractivity contribution in [1.82, 2.24) is 0 Å². The van der Waals surface area contributed by atoms with Gasteiger partial charge >= 0.3 is 0 Å². The van der Waals surface area contributed by atoms with E-state index >= 15 is 0 Å². The second kappa shape index (κ2) is 16.9. The van der Waals surface area contributed by atoms with Gasteiger partial charge in [0, 0.05) is 26.7 Å². The number of benzene rings is 2. The molecule has 1 unspecified atom stereocenters. The summed E-state index contributed by atoms with van der Waals surface area (Å²) in [6.45, 7) is 24.9. The number of allylic oxidation sites excluding steroid dienone is 3. The first kappa shape index (κ1) is 39.2. The Morgan fingerprint density at radius 3 is 2.04 bits per heavy atom. The molecule has 0 bridgehead atoms. The molecule has 4 nitrogen and oxygen atoms in total. The molecular weight excluding hydrogens is 613 g/mol. The number of hydrogen-bond acceptors (Lipinski definition) is 4. The van der Waals surface area contributed by atoms with E-state index in [1.54, 1.807) is 0 Å². The smallest absolute Gasteiger partial charge is 0.261 e. The van der Waals surface area contributed by atoms with Gasteiger partial charge in [-0.25, -0.2) is 0 Å². The lowest BCUT2D eigenvalue weighted by Gasteiger charge is -2.45. The largest absolute Gasteiger partial charge is 0.407 e. The molecule has 0 fully saturated rings. The first-order valence-electron chi connectivity index (χ1n) is 17.6. The Morgan fingerprint density at radius 1 is 0.915 bits per heavy atom. The summed E-state index contributed by atoms with van der Waals surface area (Å²) in [5.41, 5.74) is 2.04. The predicted octanol–water partition coefficient (Wildman–Crippen LogP) is 8.88. The van der Waals surface area contributed by atoms with E-state index in [1.807, 2.05) is 6.92 Å². The van der Waals surface area contributed by atoms with Crippen molar-refractivity contribution in [3.05, 3.63) is 83.5 Å². The molecule has 1 aliphatic rings. The zero-order valence-electron chi connectivity index (χ0n) is 31.1. The molecule has 6 heteroatoms. The van der Waals surface area contributed by atoms with Crippen LogP contribution in [0.25, 0.3) is 0 Å². The first-order valence-corrected chi connectivity index (χ1v) is 23.2. The van der Waals surface area contributed by atoms with E-state index < -0.39 is 27.4 Å². The predicted molar refractivity (Wildman–Crippen MR) is 205 cm³/mol. The standard InChI is InChI=1S/C41H62O4Si2/c1-34(19-17-18-29-45-47(39(3,4)5,36-20-13-11-14-21-36)37-22-15-12-16-23-37)24-27-41(42)28-25-35(2)38(40(41,6)7)26-30-43-33-44-31-32-46(8,9)10/h11-16,19-23,42H,17-18,25-26,28-33H2,1-10H3/b34-19-. The summed E-state index contributed by atoms with van der Waals surface area (Å²) < 4.78 is 18.6. The zero-order valence-corrected chi connectivity index (χ0v) is 33.1. The van der Waals surface area contributed by atoms with Gasteiger partial charge in [0.15, 0.2) is 0 Å². The van der Waals surface area contributed by atoms with Crippen LogP contribution in [0.4, 0.5) is 0 Å². The highest BCUT2D eigenvalue weighted by molar-refractivity contribution is 6.99.